The quantitative estimate of drug-likeness (QED) is 0.832. The van der Waals surface area contributed by atoms with E-state index in [2.05, 4.69) is 0 Å². The van der Waals surface area contributed by atoms with E-state index in [-0.39, 0.29) is 24.5 Å². The average molecular weight is 284 g/mol. The molecule has 1 aromatic rings. The molecule has 0 radical (unpaired) electrons. The number of carbonyl (C=O) groups is 1. The highest BCUT2D eigenvalue weighted by molar-refractivity contribution is 7.91. The minimum absolute atomic E-state index is 0.0428. The molecule has 0 bridgehead atoms. The normalized spacial score (nSPS) is 13.0. The monoisotopic (exact) mass is 284 g/mol. The van der Waals surface area contributed by atoms with Gasteiger partial charge in [-0.05, 0) is 18.6 Å². The first-order chi connectivity index (χ1) is 8.83. The largest absolute Gasteiger partial charge is 0.349 e. The van der Waals surface area contributed by atoms with Crippen molar-refractivity contribution in [1.29, 1.82) is 0 Å². The standard InChI is InChI=1S/C13H20N2O3S/c1-15(2)13(16)10-11(14)8-9-19(17,18)12-6-4-3-5-7-12/h3-7,11H,8-10,14H2,1-2H3/t11-/m0/s1. The van der Waals surface area contributed by atoms with Gasteiger partial charge in [-0.15, -0.1) is 0 Å². The number of amides is 1. The van der Waals surface area contributed by atoms with Gasteiger partial charge in [0.15, 0.2) is 9.84 Å². The van der Waals surface area contributed by atoms with Crippen molar-refractivity contribution >= 4 is 15.7 Å². The summed E-state index contributed by atoms with van der Waals surface area (Å²) in [5.41, 5.74) is 5.79. The van der Waals surface area contributed by atoms with Crippen LogP contribution >= 0.6 is 0 Å². The lowest BCUT2D eigenvalue weighted by molar-refractivity contribution is -0.129. The van der Waals surface area contributed by atoms with Crippen molar-refractivity contribution in [2.75, 3.05) is 19.8 Å². The van der Waals surface area contributed by atoms with Gasteiger partial charge in [0.05, 0.1) is 10.6 Å². The highest BCUT2D eigenvalue weighted by Gasteiger charge is 2.17. The second kappa shape index (κ2) is 6.68. The number of hydrogen-bond donors (Lipinski definition) is 1. The second-order valence-electron chi connectivity index (χ2n) is 4.67. The Morgan fingerprint density at radius 3 is 2.37 bits per heavy atom. The van der Waals surface area contributed by atoms with E-state index in [0.717, 1.165) is 0 Å². The summed E-state index contributed by atoms with van der Waals surface area (Å²) in [6.07, 6.45) is 0.439. The van der Waals surface area contributed by atoms with Crippen LogP contribution in [0.4, 0.5) is 0 Å². The van der Waals surface area contributed by atoms with E-state index in [4.69, 9.17) is 5.73 Å². The molecule has 2 N–H and O–H groups in total. The van der Waals surface area contributed by atoms with Crippen molar-refractivity contribution in [3.63, 3.8) is 0 Å². The maximum Gasteiger partial charge on any atom is 0.223 e. The smallest absolute Gasteiger partial charge is 0.223 e. The minimum atomic E-state index is -3.32. The van der Waals surface area contributed by atoms with Crippen molar-refractivity contribution < 1.29 is 13.2 Å². The lowest BCUT2D eigenvalue weighted by Crippen LogP contribution is -2.32. The zero-order valence-corrected chi connectivity index (χ0v) is 12.1. The Morgan fingerprint density at radius 2 is 1.84 bits per heavy atom. The fourth-order valence-corrected chi connectivity index (χ4v) is 2.98. The predicted molar refractivity (Wildman–Crippen MR) is 74.4 cm³/mol. The van der Waals surface area contributed by atoms with Crippen LogP contribution in [-0.4, -0.2) is 45.1 Å². The zero-order chi connectivity index (χ0) is 14.5. The first kappa shape index (κ1) is 15.7. The van der Waals surface area contributed by atoms with Gasteiger partial charge in [-0.25, -0.2) is 8.42 Å². The number of benzene rings is 1. The van der Waals surface area contributed by atoms with Crippen LogP contribution in [0.2, 0.25) is 0 Å². The molecule has 1 atom stereocenters. The number of sulfone groups is 1. The summed E-state index contributed by atoms with van der Waals surface area (Å²) in [5.74, 6) is -0.136. The summed E-state index contributed by atoms with van der Waals surface area (Å²) in [7, 11) is -0.0191. The molecule has 5 nitrogen and oxygen atoms in total. The van der Waals surface area contributed by atoms with Gasteiger partial charge in [-0.1, -0.05) is 18.2 Å². The summed E-state index contributed by atoms with van der Waals surface area (Å²) >= 11 is 0. The number of carbonyl (C=O) groups excluding carboxylic acids is 1. The van der Waals surface area contributed by atoms with E-state index in [0.29, 0.717) is 4.90 Å². The molecular formula is C13H20N2O3S. The van der Waals surface area contributed by atoms with E-state index < -0.39 is 15.9 Å². The number of nitrogens with two attached hydrogens (primary N) is 1. The molecule has 1 aromatic carbocycles. The average Bonchev–Trinajstić information content (AvgIpc) is 2.37. The van der Waals surface area contributed by atoms with E-state index in [1.54, 1.807) is 44.4 Å². The zero-order valence-electron chi connectivity index (χ0n) is 11.2. The Morgan fingerprint density at radius 1 is 1.26 bits per heavy atom. The first-order valence-electron chi connectivity index (χ1n) is 6.06. The topological polar surface area (TPSA) is 80.5 Å². The van der Waals surface area contributed by atoms with Gasteiger partial charge in [0.25, 0.3) is 0 Å². The van der Waals surface area contributed by atoms with Crippen molar-refractivity contribution in [2.45, 2.75) is 23.8 Å². The van der Waals surface area contributed by atoms with Gasteiger partial charge in [-0.3, -0.25) is 4.79 Å². The Balaban J connectivity index is 2.55. The third-order valence-corrected chi connectivity index (χ3v) is 4.56. The number of hydrogen-bond acceptors (Lipinski definition) is 4. The van der Waals surface area contributed by atoms with E-state index in [1.807, 2.05) is 0 Å². The van der Waals surface area contributed by atoms with Crippen LogP contribution in [0.5, 0.6) is 0 Å². The lowest BCUT2D eigenvalue weighted by atomic mass is 10.1. The van der Waals surface area contributed by atoms with Gasteiger partial charge in [-0.2, -0.15) is 0 Å². The highest BCUT2D eigenvalue weighted by Crippen LogP contribution is 2.12. The Bertz CT molecular complexity index is 512. The van der Waals surface area contributed by atoms with E-state index in [9.17, 15) is 13.2 Å². The molecule has 1 amide bonds. The van der Waals surface area contributed by atoms with Crippen molar-refractivity contribution in [3.8, 4) is 0 Å². The van der Waals surface area contributed by atoms with Gasteiger partial charge >= 0.3 is 0 Å². The predicted octanol–water partition coefficient (Wildman–Crippen LogP) is 0.656. The van der Waals surface area contributed by atoms with Crippen LogP contribution < -0.4 is 5.73 Å². The Hall–Kier alpha value is -1.40. The molecule has 19 heavy (non-hydrogen) atoms. The summed E-state index contributed by atoms with van der Waals surface area (Å²) in [4.78, 5) is 13.2. The molecule has 0 unspecified atom stereocenters. The fraction of sp³-hybridized carbons (Fsp3) is 0.462. The maximum atomic E-state index is 12.0. The third kappa shape index (κ3) is 5.00. The van der Waals surface area contributed by atoms with Gasteiger partial charge in [0.1, 0.15) is 0 Å². The molecule has 0 heterocycles. The first-order valence-corrected chi connectivity index (χ1v) is 7.71. The summed E-state index contributed by atoms with van der Waals surface area (Å²) in [6, 6.07) is 7.82. The molecule has 0 aliphatic rings. The van der Waals surface area contributed by atoms with Crippen LogP contribution in [0.3, 0.4) is 0 Å². The van der Waals surface area contributed by atoms with Crippen molar-refractivity contribution in [3.05, 3.63) is 30.3 Å². The van der Waals surface area contributed by atoms with Gasteiger partial charge in [0, 0.05) is 26.6 Å². The SMILES string of the molecule is CN(C)C(=O)C[C@@H](N)CCS(=O)(=O)c1ccccc1. The van der Waals surface area contributed by atoms with Gasteiger partial charge in [0.2, 0.25) is 5.91 Å². The van der Waals surface area contributed by atoms with Crippen LogP contribution in [0.1, 0.15) is 12.8 Å². The maximum absolute atomic E-state index is 12.0. The van der Waals surface area contributed by atoms with E-state index in [1.165, 1.54) is 4.90 Å². The Kier molecular flexibility index (Phi) is 5.50. The molecule has 106 valence electrons. The highest BCUT2D eigenvalue weighted by atomic mass is 32.2. The van der Waals surface area contributed by atoms with Crippen LogP contribution in [0.25, 0.3) is 0 Å². The van der Waals surface area contributed by atoms with Crippen molar-refractivity contribution in [1.82, 2.24) is 4.90 Å². The van der Waals surface area contributed by atoms with Crippen molar-refractivity contribution in [2.24, 2.45) is 5.73 Å². The molecule has 0 saturated heterocycles. The molecule has 0 aromatic heterocycles. The molecule has 0 aliphatic heterocycles. The molecule has 0 aliphatic carbocycles. The van der Waals surface area contributed by atoms with Gasteiger partial charge < -0.3 is 10.6 Å². The lowest BCUT2D eigenvalue weighted by Gasteiger charge is -2.15. The number of nitrogens with zero attached hydrogens (tertiary/aromatic N) is 1. The summed E-state index contributed by atoms with van der Waals surface area (Å²) in [6.45, 7) is 0. The van der Waals surface area contributed by atoms with E-state index >= 15 is 0 Å². The number of rotatable bonds is 6. The van der Waals surface area contributed by atoms with Crippen LogP contribution in [0, 0.1) is 0 Å². The molecule has 0 spiro atoms. The fourth-order valence-electron chi connectivity index (χ4n) is 1.56. The van der Waals surface area contributed by atoms with Crippen LogP contribution in [0.15, 0.2) is 35.2 Å². The Labute approximate surface area is 114 Å². The molecule has 0 saturated carbocycles. The molecule has 1 rings (SSSR count). The summed E-state index contributed by atoms with van der Waals surface area (Å²) < 4.78 is 24.0. The van der Waals surface area contributed by atoms with Crippen LogP contribution in [-0.2, 0) is 14.6 Å². The molecule has 0 fully saturated rings. The minimum Gasteiger partial charge on any atom is -0.349 e. The molecular weight excluding hydrogens is 264 g/mol. The summed E-state index contributed by atoms with van der Waals surface area (Å²) in [5, 5.41) is 0. The third-order valence-electron chi connectivity index (χ3n) is 2.80. The second-order valence-corrected chi connectivity index (χ2v) is 6.78. The molecule has 6 heteroatoms.